The van der Waals surface area contributed by atoms with Gasteiger partial charge in [-0.15, -0.1) is 11.3 Å². The van der Waals surface area contributed by atoms with Crippen molar-refractivity contribution in [1.82, 2.24) is 9.97 Å². The Kier molecular flexibility index (Phi) is 4.02. The molecule has 0 amide bonds. The summed E-state index contributed by atoms with van der Waals surface area (Å²) in [5.41, 5.74) is 5.19. The number of aryl methyl sites for hydroxylation is 2. The zero-order valence-corrected chi connectivity index (χ0v) is 13.4. The van der Waals surface area contributed by atoms with E-state index in [-0.39, 0.29) is 0 Å². The summed E-state index contributed by atoms with van der Waals surface area (Å²) in [4.78, 5) is 10.8. The Morgan fingerprint density at radius 1 is 1.18 bits per heavy atom. The average molecular weight is 312 g/mol. The zero-order chi connectivity index (χ0) is 15.5. The minimum atomic E-state index is 0.733. The van der Waals surface area contributed by atoms with E-state index < -0.39 is 0 Å². The van der Waals surface area contributed by atoms with Gasteiger partial charge >= 0.3 is 0 Å². The number of fused-ring (bicyclic) bond motifs is 1. The van der Waals surface area contributed by atoms with Crippen molar-refractivity contribution in [1.29, 1.82) is 0 Å². The van der Waals surface area contributed by atoms with E-state index in [2.05, 4.69) is 34.3 Å². The summed E-state index contributed by atoms with van der Waals surface area (Å²) in [5, 5.41) is 5.31. The van der Waals surface area contributed by atoms with Crippen LogP contribution < -0.4 is 10.2 Å². The van der Waals surface area contributed by atoms with Crippen LogP contribution in [0.15, 0.2) is 35.7 Å². The van der Waals surface area contributed by atoms with E-state index >= 15 is 0 Å². The van der Waals surface area contributed by atoms with Crippen LogP contribution in [-0.2, 0) is 0 Å². The monoisotopic (exact) mass is 312 g/mol. The Hall–Kier alpha value is -2.47. The van der Waals surface area contributed by atoms with Gasteiger partial charge in [0.15, 0.2) is 5.82 Å². The topological polar surface area (TPSA) is 59.4 Å². The van der Waals surface area contributed by atoms with Crippen molar-refractivity contribution in [2.75, 3.05) is 12.5 Å². The van der Waals surface area contributed by atoms with Crippen LogP contribution in [0.5, 0.6) is 5.75 Å². The molecule has 0 radical (unpaired) electrons. The normalized spacial score (nSPS) is 11.2. The molecule has 0 bridgehead atoms. The molecule has 2 aromatic heterocycles. The first-order valence-electron chi connectivity index (χ1n) is 6.83. The van der Waals surface area contributed by atoms with Crippen molar-refractivity contribution in [3.05, 3.63) is 46.6 Å². The Bertz CT molecular complexity index is 824. The van der Waals surface area contributed by atoms with Gasteiger partial charge in [-0.05, 0) is 49.2 Å². The summed E-state index contributed by atoms with van der Waals surface area (Å²) in [7, 11) is 1.65. The van der Waals surface area contributed by atoms with Crippen LogP contribution in [0.2, 0.25) is 0 Å². The van der Waals surface area contributed by atoms with Crippen LogP contribution in [-0.4, -0.2) is 23.3 Å². The van der Waals surface area contributed by atoms with Gasteiger partial charge in [0.1, 0.15) is 16.9 Å². The lowest BCUT2D eigenvalue weighted by atomic mass is 10.2. The van der Waals surface area contributed by atoms with Gasteiger partial charge < -0.3 is 4.74 Å². The fourth-order valence-electron chi connectivity index (χ4n) is 2.13. The quantitative estimate of drug-likeness (QED) is 0.588. The maximum atomic E-state index is 5.13. The van der Waals surface area contributed by atoms with Gasteiger partial charge in [0.05, 0.1) is 18.7 Å². The summed E-state index contributed by atoms with van der Waals surface area (Å²) >= 11 is 1.67. The summed E-state index contributed by atoms with van der Waals surface area (Å²) in [6.45, 7) is 4.17. The number of aromatic nitrogens is 2. The second-order valence-electron chi connectivity index (χ2n) is 4.83. The Balaban J connectivity index is 1.82. The molecule has 0 saturated heterocycles. The lowest BCUT2D eigenvalue weighted by Crippen LogP contribution is -1.95. The van der Waals surface area contributed by atoms with Crippen molar-refractivity contribution in [3.8, 4) is 5.75 Å². The minimum Gasteiger partial charge on any atom is -0.497 e. The Morgan fingerprint density at radius 3 is 2.68 bits per heavy atom. The minimum absolute atomic E-state index is 0.733. The smallest absolute Gasteiger partial charge is 0.158 e. The van der Waals surface area contributed by atoms with E-state index in [1.165, 1.54) is 10.4 Å². The molecule has 0 aliphatic carbocycles. The molecule has 0 aliphatic rings. The molecule has 3 aromatic rings. The largest absolute Gasteiger partial charge is 0.497 e. The first-order valence-corrected chi connectivity index (χ1v) is 7.64. The highest BCUT2D eigenvalue weighted by Gasteiger charge is 2.11. The molecule has 0 spiro atoms. The third kappa shape index (κ3) is 2.78. The first-order chi connectivity index (χ1) is 10.7. The van der Waals surface area contributed by atoms with E-state index in [0.29, 0.717) is 0 Å². The second-order valence-corrected chi connectivity index (χ2v) is 6.03. The molecule has 5 nitrogen and oxygen atoms in total. The number of nitrogens with zero attached hydrogens (tertiary/aromatic N) is 3. The Labute approximate surface area is 132 Å². The number of ether oxygens (including phenoxy) is 1. The molecule has 2 heterocycles. The molecule has 0 aliphatic heterocycles. The SMILES string of the molecule is COc1ccc(/C=N\Nc2ncnc3sc(C)c(C)c23)cc1. The van der Waals surface area contributed by atoms with Gasteiger partial charge in [-0.1, -0.05) is 0 Å². The summed E-state index contributed by atoms with van der Waals surface area (Å²) in [5.74, 6) is 1.56. The van der Waals surface area contributed by atoms with E-state index in [0.717, 1.165) is 27.3 Å². The average Bonchev–Trinajstić information content (AvgIpc) is 2.84. The standard InChI is InChI=1S/C16H16N4OS/c1-10-11(2)22-16-14(10)15(17-9-18-16)20-19-8-12-4-6-13(21-3)7-5-12/h4-9H,1-3H3,(H,17,18,20)/b19-8-. The van der Waals surface area contributed by atoms with Crippen molar-refractivity contribution in [2.45, 2.75) is 13.8 Å². The molecule has 0 saturated carbocycles. The highest BCUT2D eigenvalue weighted by molar-refractivity contribution is 7.18. The van der Waals surface area contributed by atoms with Crippen LogP contribution in [0.1, 0.15) is 16.0 Å². The van der Waals surface area contributed by atoms with E-state index in [1.54, 1.807) is 31.0 Å². The van der Waals surface area contributed by atoms with Crippen LogP contribution in [0.25, 0.3) is 10.2 Å². The maximum absolute atomic E-state index is 5.13. The summed E-state index contributed by atoms with van der Waals surface area (Å²) in [6.07, 6.45) is 3.31. The molecular weight excluding hydrogens is 296 g/mol. The number of hydrazone groups is 1. The molecule has 22 heavy (non-hydrogen) atoms. The van der Waals surface area contributed by atoms with E-state index in [4.69, 9.17) is 4.74 Å². The van der Waals surface area contributed by atoms with Crippen LogP contribution in [0, 0.1) is 13.8 Å². The molecule has 1 aromatic carbocycles. The number of hydrogen-bond acceptors (Lipinski definition) is 6. The zero-order valence-electron chi connectivity index (χ0n) is 12.6. The summed E-state index contributed by atoms with van der Waals surface area (Å²) in [6, 6.07) is 7.69. The van der Waals surface area contributed by atoms with Gasteiger partial charge in [0, 0.05) is 4.88 Å². The summed E-state index contributed by atoms with van der Waals surface area (Å²) < 4.78 is 5.13. The predicted octanol–water partition coefficient (Wildman–Crippen LogP) is 3.76. The van der Waals surface area contributed by atoms with Crippen molar-refractivity contribution in [3.63, 3.8) is 0 Å². The first kappa shape index (κ1) is 14.5. The van der Waals surface area contributed by atoms with Crippen molar-refractivity contribution >= 4 is 33.6 Å². The molecule has 3 rings (SSSR count). The van der Waals surface area contributed by atoms with Gasteiger partial charge in [0.2, 0.25) is 0 Å². The third-order valence-corrected chi connectivity index (χ3v) is 4.58. The fourth-order valence-corrected chi connectivity index (χ4v) is 3.12. The van der Waals surface area contributed by atoms with Crippen LogP contribution in [0.4, 0.5) is 5.82 Å². The molecule has 0 atom stereocenters. The number of anilines is 1. The fraction of sp³-hybridized carbons (Fsp3) is 0.188. The lowest BCUT2D eigenvalue weighted by Gasteiger charge is -2.02. The molecule has 112 valence electrons. The van der Waals surface area contributed by atoms with Gasteiger partial charge in [-0.2, -0.15) is 5.10 Å². The van der Waals surface area contributed by atoms with Crippen molar-refractivity contribution in [2.24, 2.45) is 5.10 Å². The number of rotatable bonds is 4. The maximum Gasteiger partial charge on any atom is 0.158 e. The highest BCUT2D eigenvalue weighted by Crippen LogP contribution is 2.32. The predicted molar refractivity (Wildman–Crippen MR) is 91.1 cm³/mol. The molecule has 0 fully saturated rings. The number of benzene rings is 1. The van der Waals surface area contributed by atoms with Gasteiger partial charge in [0.25, 0.3) is 0 Å². The van der Waals surface area contributed by atoms with Gasteiger partial charge in [-0.25, -0.2) is 9.97 Å². The molecule has 1 N–H and O–H groups in total. The van der Waals surface area contributed by atoms with Crippen LogP contribution in [0.3, 0.4) is 0 Å². The van der Waals surface area contributed by atoms with E-state index in [9.17, 15) is 0 Å². The Morgan fingerprint density at radius 2 is 1.95 bits per heavy atom. The third-order valence-electron chi connectivity index (χ3n) is 3.47. The number of thiophene rings is 1. The number of hydrogen-bond donors (Lipinski definition) is 1. The highest BCUT2D eigenvalue weighted by atomic mass is 32.1. The second kappa shape index (κ2) is 6.11. The molecular formula is C16H16N4OS. The number of methoxy groups -OCH3 is 1. The van der Waals surface area contributed by atoms with Crippen molar-refractivity contribution < 1.29 is 4.74 Å². The lowest BCUT2D eigenvalue weighted by molar-refractivity contribution is 0.415. The van der Waals surface area contributed by atoms with E-state index in [1.807, 2.05) is 24.3 Å². The van der Waals surface area contributed by atoms with Gasteiger partial charge in [-0.3, -0.25) is 5.43 Å². The molecule has 0 unspecified atom stereocenters. The van der Waals surface area contributed by atoms with Crippen LogP contribution >= 0.6 is 11.3 Å². The number of nitrogens with one attached hydrogen (secondary N) is 1. The molecule has 6 heteroatoms.